The standard InChI is InChI=1S/C35H37N5O8/c1-4-8-27(41)48-30-26(47-33(29(30)42)40-20-37-28-31(40)38-34(36)39-32(28)43)19-46-35(21-9-6-5-7-10-21,22-11-15-24(44-2)16-12-22)23-13-17-25(45-3)18-14-23/h5-7,9-18,20,26,29-30,33,42H,4,8,19H2,1-3H3,(H3,36,38,39,43)/t26-,29-,30-,33-/m1/s1. The molecule has 0 unspecified atom stereocenters. The second kappa shape index (κ2) is 13.9. The van der Waals surface area contributed by atoms with E-state index in [0.717, 1.165) is 16.7 Å². The number of benzene rings is 3. The highest BCUT2D eigenvalue weighted by molar-refractivity contribution is 5.71. The molecule has 0 bridgehead atoms. The van der Waals surface area contributed by atoms with E-state index in [-0.39, 0.29) is 30.1 Å². The van der Waals surface area contributed by atoms with Crippen molar-refractivity contribution in [1.29, 1.82) is 0 Å². The van der Waals surface area contributed by atoms with Crippen molar-refractivity contribution in [3.8, 4) is 11.5 Å². The summed E-state index contributed by atoms with van der Waals surface area (Å²) in [6, 6.07) is 24.8. The Bertz CT molecular complexity index is 1860. The van der Waals surface area contributed by atoms with Gasteiger partial charge in [-0.2, -0.15) is 4.98 Å². The number of nitrogens with two attached hydrogens (primary N) is 1. The third-order valence-corrected chi connectivity index (χ3v) is 8.39. The number of hydrogen-bond donors (Lipinski definition) is 3. The summed E-state index contributed by atoms with van der Waals surface area (Å²) < 4.78 is 31.5. The minimum atomic E-state index is -1.37. The number of aliphatic hydroxyl groups excluding tert-OH is 1. The molecular weight excluding hydrogens is 618 g/mol. The van der Waals surface area contributed by atoms with E-state index in [1.165, 1.54) is 10.9 Å². The van der Waals surface area contributed by atoms with Gasteiger partial charge in [-0.1, -0.05) is 61.5 Å². The van der Waals surface area contributed by atoms with Gasteiger partial charge in [0.15, 0.2) is 23.5 Å². The van der Waals surface area contributed by atoms with Crippen molar-refractivity contribution in [1.82, 2.24) is 19.5 Å². The molecule has 0 aliphatic carbocycles. The SMILES string of the molecule is CCCC(=O)O[C@H]1[C@@H](O)[C@H](n2cnc3c(=O)[nH]c(N)nc32)O[C@@H]1COC(c1ccccc1)(c1ccc(OC)cc1)c1ccc(OC)cc1. The highest BCUT2D eigenvalue weighted by Gasteiger charge is 2.49. The van der Waals surface area contributed by atoms with Crippen molar-refractivity contribution in [2.75, 3.05) is 26.6 Å². The molecule has 48 heavy (non-hydrogen) atoms. The van der Waals surface area contributed by atoms with Gasteiger partial charge in [-0.05, 0) is 47.4 Å². The molecule has 0 radical (unpaired) electrons. The minimum absolute atomic E-state index is 0.0151. The summed E-state index contributed by atoms with van der Waals surface area (Å²) in [4.78, 5) is 36.1. The van der Waals surface area contributed by atoms with Crippen LogP contribution in [0.5, 0.6) is 11.5 Å². The molecule has 13 heteroatoms. The van der Waals surface area contributed by atoms with E-state index in [0.29, 0.717) is 17.9 Å². The molecular formula is C35H37N5O8. The summed E-state index contributed by atoms with van der Waals surface area (Å²) in [5.41, 5.74) is 6.59. The van der Waals surface area contributed by atoms with E-state index in [2.05, 4.69) is 15.0 Å². The predicted molar refractivity (Wildman–Crippen MR) is 176 cm³/mol. The smallest absolute Gasteiger partial charge is 0.306 e. The monoisotopic (exact) mass is 655 g/mol. The Balaban J connectivity index is 1.43. The molecule has 250 valence electrons. The van der Waals surface area contributed by atoms with Crippen LogP contribution in [-0.2, 0) is 24.6 Å². The van der Waals surface area contributed by atoms with Gasteiger partial charge in [0.05, 0.1) is 27.2 Å². The molecule has 0 spiro atoms. The van der Waals surface area contributed by atoms with Crippen molar-refractivity contribution >= 4 is 23.1 Å². The average Bonchev–Trinajstić information content (AvgIpc) is 3.66. The van der Waals surface area contributed by atoms with Crippen LogP contribution in [0.1, 0.15) is 42.7 Å². The number of carbonyl (C=O) groups excluding carboxylic acids is 1. The number of anilines is 1. The first-order valence-electron chi connectivity index (χ1n) is 15.5. The molecule has 1 aliphatic rings. The molecule has 1 aliphatic heterocycles. The number of aliphatic hydroxyl groups is 1. The fourth-order valence-corrected chi connectivity index (χ4v) is 6.05. The van der Waals surface area contributed by atoms with Crippen LogP contribution >= 0.6 is 0 Å². The number of esters is 1. The topological polar surface area (TPSA) is 173 Å². The Morgan fingerprint density at radius 3 is 2.17 bits per heavy atom. The normalized spacial score (nSPS) is 19.3. The fraction of sp³-hybridized carbons (Fsp3) is 0.314. The molecule has 0 amide bonds. The molecule has 4 atom stereocenters. The molecule has 6 rings (SSSR count). The fourth-order valence-electron chi connectivity index (χ4n) is 6.05. The zero-order valence-electron chi connectivity index (χ0n) is 26.7. The van der Waals surface area contributed by atoms with Crippen LogP contribution in [0.2, 0.25) is 0 Å². The number of methoxy groups -OCH3 is 2. The number of nitrogens with one attached hydrogen (secondary N) is 1. The number of fused-ring (bicyclic) bond motifs is 1. The first kappa shape index (κ1) is 32.7. The van der Waals surface area contributed by atoms with Gasteiger partial charge < -0.3 is 34.5 Å². The van der Waals surface area contributed by atoms with Crippen molar-refractivity contribution in [3.63, 3.8) is 0 Å². The molecule has 0 saturated carbocycles. The number of carbonyl (C=O) groups is 1. The Hall–Kier alpha value is -5.24. The molecule has 2 aromatic heterocycles. The number of ether oxygens (including phenoxy) is 5. The summed E-state index contributed by atoms with van der Waals surface area (Å²) in [5.74, 6) is 0.719. The van der Waals surface area contributed by atoms with Crippen LogP contribution < -0.4 is 20.8 Å². The van der Waals surface area contributed by atoms with Gasteiger partial charge in [0.25, 0.3) is 5.56 Å². The highest BCUT2D eigenvalue weighted by Crippen LogP contribution is 2.43. The van der Waals surface area contributed by atoms with Crippen molar-refractivity contribution in [3.05, 3.63) is 112 Å². The van der Waals surface area contributed by atoms with Gasteiger partial charge in [0.1, 0.15) is 29.3 Å². The van der Waals surface area contributed by atoms with E-state index >= 15 is 0 Å². The lowest BCUT2D eigenvalue weighted by Gasteiger charge is -2.37. The number of nitrogen functional groups attached to an aromatic ring is 1. The quantitative estimate of drug-likeness (QED) is 0.132. The Kier molecular flexibility index (Phi) is 9.44. The Morgan fingerprint density at radius 2 is 1.58 bits per heavy atom. The van der Waals surface area contributed by atoms with E-state index in [4.69, 9.17) is 29.4 Å². The maximum atomic E-state index is 12.8. The zero-order valence-corrected chi connectivity index (χ0v) is 26.7. The van der Waals surface area contributed by atoms with E-state index in [1.807, 2.05) is 85.8 Å². The number of aromatic nitrogens is 4. The first-order valence-corrected chi connectivity index (χ1v) is 15.5. The molecule has 3 heterocycles. The molecule has 5 aromatic rings. The Labute approximate surface area is 276 Å². The van der Waals surface area contributed by atoms with Crippen LogP contribution in [0, 0.1) is 0 Å². The molecule has 1 saturated heterocycles. The summed E-state index contributed by atoms with van der Waals surface area (Å²) in [5, 5.41) is 11.6. The molecule has 13 nitrogen and oxygen atoms in total. The summed E-state index contributed by atoms with van der Waals surface area (Å²) in [6.45, 7) is 1.72. The second-order valence-corrected chi connectivity index (χ2v) is 11.4. The first-order chi connectivity index (χ1) is 23.3. The lowest BCUT2D eigenvalue weighted by molar-refractivity contribution is -0.159. The van der Waals surface area contributed by atoms with Gasteiger partial charge in [-0.25, -0.2) is 4.98 Å². The van der Waals surface area contributed by atoms with E-state index in [9.17, 15) is 14.7 Å². The number of aromatic amines is 1. The average molecular weight is 656 g/mol. The lowest BCUT2D eigenvalue weighted by Crippen LogP contribution is -2.41. The van der Waals surface area contributed by atoms with Crippen molar-refractivity contribution < 1.29 is 33.6 Å². The molecule has 1 fully saturated rings. The Morgan fingerprint density at radius 1 is 0.979 bits per heavy atom. The summed E-state index contributed by atoms with van der Waals surface area (Å²) in [7, 11) is 3.20. The van der Waals surface area contributed by atoms with Crippen LogP contribution in [0.15, 0.2) is 90.0 Å². The largest absolute Gasteiger partial charge is 0.497 e. The van der Waals surface area contributed by atoms with Gasteiger partial charge in [-0.15, -0.1) is 0 Å². The summed E-state index contributed by atoms with van der Waals surface area (Å²) in [6.07, 6.45) is -2.56. The maximum Gasteiger partial charge on any atom is 0.306 e. The van der Waals surface area contributed by atoms with Gasteiger partial charge in [0.2, 0.25) is 5.95 Å². The minimum Gasteiger partial charge on any atom is -0.497 e. The van der Waals surface area contributed by atoms with Crippen molar-refractivity contribution in [2.24, 2.45) is 0 Å². The van der Waals surface area contributed by atoms with Crippen LogP contribution in [0.4, 0.5) is 5.95 Å². The van der Waals surface area contributed by atoms with E-state index in [1.54, 1.807) is 14.2 Å². The van der Waals surface area contributed by atoms with Gasteiger partial charge in [0, 0.05) is 6.42 Å². The number of imidazole rings is 1. The third-order valence-electron chi connectivity index (χ3n) is 8.39. The van der Waals surface area contributed by atoms with Crippen LogP contribution in [0.3, 0.4) is 0 Å². The van der Waals surface area contributed by atoms with E-state index < -0.39 is 41.7 Å². The number of rotatable bonds is 12. The number of hydrogen-bond acceptors (Lipinski definition) is 11. The second-order valence-electron chi connectivity index (χ2n) is 11.4. The van der Waals surface area contributed by atoms with Crippen molar-refractivity contribution in [2.45, 2.75) is 49.9 Å². The third kappa shape index (κ3) is 6.10. The maximum absolute atomic E-state index is 12.8. The number of H-pyrrole nitrogens is 1. The highest BCUT2D eigenvalue weighted by atomic mass is 16.6. The molecule has 3 aromatic carbocycles. The van der Waals surface area contributed by atoms with Crippen LogP contribution in [-0.4, -0.2) is 69.7 Å². The van der Waals surface area contributed by atoms with Gasteiger partial charge >= 0.3 is 5.97 Å². The van der Waals surface area contributed by atoms with Gasteiger partial charge in [-0.3, -0.25) is 19.1 Å². The number of nitrogens with zero attached hydrogens (tertiary/aromatic N) is 3. The predicted octanol–water partition coefficient (Wildman–Crippen LogP) is 3.70. The molecule has 4 N–H and O–H groups in total. The zero-order chi connectivity index (χ0) is 33.8. The lowest BCUT2D eigenvalue weighted by atomic mass is 9.80. The van der Waals surface area contributed by atoms with Crippen LogP contribution in [0.25, 0.3) is 11.2 Å². The summed E-state index contributed by atoms with van der Waals surface area (Å²) >= 11 is 0.